The molecule has 2 aromatic heterocycles. The number of amides is 1. The smallest absolute Gasteiger partial charge is 0.352 e. The van der Waals surface area contributed by atoms with Crippen molar-refractivity contribution in [1.29, 1.82) is 0 Å². The minimum atomic E-state index is -4.45. The van der Waals surface area contributed by atoms with Gasteiger partial charge in [-0.15, -0.1) is 0 Å². The molecule has 0 spiro atoms. The summed E-state index contributed by atoms with van der Waals surface area (Å²) in [4.78, 5) is 19.4. The van der Waals surface area contributed by atoms with E-state index in [1.54, 1.807) is 12.3 Å². The molecule has 0 bridgehead atoms. The quantitative estimate of drug-likeness (QED) is 0.236. The SMILES string of the molecule is Cc1cccc(NC(=O)CCN2C(=S)N[C@H](c3ccccn3)[C@@H]2c2cc(C)n(-c3cccc(C(F)(F)F)c3)c2C)c1. The third-order valence-corrected chi connectivity index (χ3v) is 7.65. The number of hydrogen-bond donors (Lipinski definition) is 2. The second-order valence-electron chi connectivity index (χ2n) is 10.2. The third-order valence-electron chi connectivity index (χ3n) is 7.30. The van der Waals surface area contributed by atoms with E-state index in [1.807, 2.05) is 78.8 Å². The molecule has 4 aromatic rings. The Morgan fingerprint density at radius 1 is 1.02 bits per heavy atom. The molecule has 1 aliphatic rings. The molecular weight excluding hydrogens is 547 g/mol. The second-order valence-corrected chi connectivity index (χ2v) is 10.6. The molecule has 10 heteroatoms. The van der Waals surface area contributed by atoms with E-state index in [9.17, 15) is 18.0 Å². The molecule has 0 saturated carbocycles. The van der Waals surface area contributed by atoms with Crippen molar-refractivity contribution in [1.82, 2.24) is 19.8 Å². The van der Waals surface area contributed by atoms with Crippen LogP contribution in [0.5, 0.6) is 0 Å². The molecule has 2 aromatic carbocycles. The van der Waals surface area contributed by atoms with Crippen LogP contribution in [0.25, 0.3) is 5.69 Å². The Labute approximate surface area is 242 Å². The van der Waals surface area contributed by atoms with Crippen LogP contribution in [-0.2, 0) is 11.0 Å². The normalized spacial score (nSPS) is 17.0. The van der Waals surface area contributed by atoms with Crippen LogP contribution in [0.4, 0.5) is 18.9 Å². The van der Waals surface area contributed by atoms with Crippen molar-refractivity contribution >= 4 is 28.9 Å². The Morgan fingerprint density at radius 3 is 2.51 bits per heavy atom. The number of pyridine rings is 1. The fourth-order valence-electron chi connectivity index (χ4n) is 5.46. The van der Waals surface area contributed by atoms with E-state index in [-0.39, 0.29) is 24.4 Å². The monoisotopic (exact) mass is 577 g/mol. The lowest BCUT2D eigenvalue weighted by Gasteiger charge is -2.28. The van der Waals surface area contributed by atoms with Crippen LogP contribution < -0.4 is 10.6 Å². The molecule has 3 heterocycles. The largest absolute Gasteiger partial charge is 0.416 e. The van der Waals surface area contributed by atoms with Gasteiger partial charge in [-0.1, -0.05) is 24.3 Å². The highest BCUT2D eigenvalue weighted by atomic mass is 32.1. The average molecular weight is 578 g/mol. The highest BCUT2D eigenvalue weighted by Gasteiger charge is 2.41. The number of aryl methyl sites for hydroxylation is 2. The molecule has 1 amide bonds. The van der Waals surface area contributed by atoms with Crippen LogP contribution in [0.1, 0.15) is 52.3 Å². The molecule has 1 fully saturated rings. The summed E-state index contributed by atoms with van der Waals surface area (Å²) in [5, 5.41) is 6.81. The van der Waals surface area contributed by atoms with Gasteiger partial charge in [-0.25, -0.2) is 0 Å². The van der Waals surface area contributed by atoms with E-state index in [4.69, 9.17) is 12.2 Å². The van der Waals surface area contributed by atoms with Crippen LogP contribution in [0.2, 0.25) is 0 Å². The summed E-state index contributed by atoms with van der Waals surface area (Å²) in [6.07, 6.45) is -2.55. The van der Waals surface area contributed by atoms with Crippen molar-refractivity contribution in [2.75, 3.05) is 11.9 Å². The van der Waals surface area contributed by atoms with Crippen LogP contribution >= 0.6 is 12.2 Å². The molecular formula is C31H30F3N5OS. The van der Waals surface area contributed by atoms with Crippen LogP contribution in [0.15, 0.2) is 79.0 Å². The molecule has 0 unspecified atom stereocenters. The number of hydrogen-bond acceptors (Lipinski definition) is 3. The van der Waals surface area contributed by atoms with E-state index < -0.39 is 11.7 Å². The van der Waals surface area contributed by atoms with Gasteiger partial charge in [0.15, 0.2) is 5.11 Å². The number of alkyl halides is 3. The van der Waals surface area contributed by atoms with Crippen LogP contribution in [0, 0.1) is 20.8 Å². The molecule has 1 saturated heterocycles. The number of carbonyl (C=O) groups is 1. The van der Waals surface area contributed by atoms with E-state index in [1.165, 1.54) is 6.07 Å². The summed E-state index contributed by atoms with van der Waals surface area (Å²) >= 11 is 5.75. The van der Waals surface area contributed by atoms with Crippen molar-refractivity contribution in [3.63, 3.8) is 0 Å². The van der Waals surface area contributed by atoms with Gasteiger partial charge in [0.2, 0.25) is 5.91 Å². The van der Waals surface area contributed by atoms with Gasteiger partial charge in [0.25, 0.3) is 0 Å². The number of halogens is 3. The number of benzene rings is 2. The third kappa shape index (κ3) is 5.97. The van der Waals surface area contributed by atoms with Crippen molar-refractivity contribution in [3.05, 3.63) is 113 Å². The van der Waals surface area contributed by atoms with Crippen LogP contribution in [-0.4, -0.2) is 32.0 Å². The minimum absolute atomic E-state index is 0.145. The summed E-state index contributed by atoms with van der Waals surface area (Å²) in [5.41, 5.74) is 4.72. The number of nitrogens with one attached hydrogen (secondary N) is 2. The maximum Gasteiger partial charge on any atom is 0.416 e. The van der Waals surface area contributed by atoms with Crippen molar-refractivity contribution in [2.45, 2.75) is 45.5 Å². The van der Waals surface area contributed by atoms with E-state index in [0.29, 0.717) is 17.3 Å². The lowest BCUT2D eigenvalue weighted by Crippen LogP contribution is -2.32. The molecule has 2 atom stereocenters. The zero-order valence-electron chi connectivity index (χ0n) is 22.9. The van der Waals surface area contributed by atoms with Gasteiger partial charge in [-0.05, 0) is 92.6 Å². The molecule has 5 rings (SSSR count). The number of aromatic nitrogens is 2. The number of thiocarbonyl (C=S) groups is 1. The Hall–Kier alpha value is -4.18. The Morgan fingerprint density at radius 2 is 1.80 bits per heavy atom. The Balaban J connectivity index is 1.49. The first-order chi connectivity index (χ1) is 19.5. The second kappa shape index (κ2) is 11.4. The number of anilines is 1. The highest BCUT2D eigenvalue weighted by Crippen LogP contribution is 2.42. The van der Waals surface area contributed by atoms with Gasteiger partial charge in [-0.3, -0.25) is 9.78 Å². The van der Waals surface area contributed by atoms with Crippen molar-refractivity contribution in [3.8, 4) is 5.69 Å². The van der Waals surface area contributed by atoms with Gasteiger partial charge in [-0.2, -0.15) is 13.2 Å². The zero-order chi connectivity index (χ0) is 29.3. The fourth-order valence-corrected chi connectivity index (χ4v) is 5.79. The van der Waals surface area contributed by atoms with Gasteiger partial charge in [0.05, 0.1) is 23.3 Å². The van der Waals surface area contributed by atoms with Gasteiger partial charge in [0.1, 0.15) is 0 Å². The Bertz CT molecular complexity index is 1580. The maximum atomic E-state index is 13.5. The lowest BCUT2D eigenvalue weighted by atomic mass is 9.96. The van der Waals surface area contributed by atoms with Crippen molar-refractivity contribution in [2.24, 2.45) is 0 Å². The maximum absolute atomic E-state index is 13.5. The van der Waals surface area contributed by atoms with Gasteiger partial charge in [0, 0.05) is 41.9 Å². The molecule has 1 aliphatic heterocycles. The van der Waals surface area contributed by atoms with Gasteiger partial charge >= 0.3 is 6.18 Å². The molecule has 41 heavy (non-hydrogen) atoms. The predicted molar refractivity (Wildman–Crippen MR) is 157 cm³/mol. The minimum Gasteiger partial charge on any atom is -0.352 e. The number of carbonyl (C=O) groups excluding carboxylic acids is 1. The standard InChI is InChI=1S/C31H30F3N5OS/c1-19-8-6-10-23(16-19)36-27(40)13-15-38-29(28(37-30(38)41)26-12-4-5-14-35-26)25-17-20(2)39(21(25)3)24-11-7-9-22(18-24)31(32,33)34/h4-12,14,16-18,28-29H,13,15H2,1-3H3,(H,36,40)(H,37,41)/t28-,29+/m1/s1. The first-order valence-corrected chi connectivity index (χ1v) is 13.6. The van der Waals surface area contributed by atoms with E-state index in [0.717, 1.165) is 46.0 Å². The summed E-state index contributed by atoms with van der Waals surface area (Å²) in [7, 11) is 0. The fraction of sp³-hybridized carbons (Fsp3) is 0.258. The average Bonchev–Trinajstić information content (AvgIpc) is 3.41. The van der Waals surface area contributed by atoms with E-state index in [2.05, 4.69) is 15.6 Å². The van der Waals surface area contributed by atoms with Crippen molar-refractivity contribution < 1.29 is 18.0 Å². The molecule has 6 nitrogen and oxygen atoms in total. The highest BCUT2D eigenvalue weighted by molar-refractivity contribution is 7.80. The number of rotatable bonds is 7. The number of nitrogens with zero attached hydrogens (tertiary/aromatic N) is 3. The molecule has 212 valence electrons. The predicted octanol–water partition coefficient (Wildman–Crippen LogP) is 6.82. The first kappa shape index (κ1) is 28.4. The Kier molecular flexibility index (Phi) is 7.86. The van der Waals surface area contributed by atoms with E-state index >= 15 is 0 Å². The molecule has 0 aliphatic carbocycles. The lowest BCUT2D eigenvalue weighted by molar-refractivity contribution is -0.137. The zero-order valence-corrected chi connectivity index (χ0v) is 23.7. The first-order valence-electron chi connectivity index (χ1n) is 13.2. The summed E-state index contributed by atoms with van der Waals surface area (Å²) < 4.78 is 42.3. The van der Waals surface area contributed by atoms with Gasteiger partial charge < -0.3 is 20.1 Å². The topological polar surface area (TPSA) is 62.2 Å². The summed E-state index contributed by atoms with van der Waals surface area (Å²) in [6.45, 7) is 6.06. The summed E-state index contributed by atoms with van der Waals surface area (Å²) in [6, 6.07) is 19.9. The molecule has 0 radical (unpaired) electrons. The molecule has 2 N–H and O–H groups in total. The van der Waals surface area contributed by atoms with Crippen LogP contribution in [0.3, 0.4) is 0 Å². The summed E-state index contributed by atoms with van der Waals surface area (Å²) in [5.74, 6) is -0.145.